The standard InChI is InChI=1S/C25H40O4/c1-3-5-7-9-11-13-15-21-29-25(27)23-18-16-22(17-19-23)24(26)28-20-14-12-10-8-6-4-2/h16-19H,3-15,20-21H2,1-2H3. The minimum Gasteiger partial charge on any atom is -0.462 e. The molecular weight excluding hydrogens is 364 g/mol. The molecule has 164 valence electrons. The lowest BCUT2D eigenvalue weighted by atomic mass is 10.1. The summed E-state index contributed by atoms with van der Waals surface area (Å²) in [5.74, 6) is -0.662. The SMILES string of the molecule is CCCCCCCCCOC(=O)c1ccc(C(=O)OCCCCCCCC)cc1. The van der Waals surface area contributed by atoms with Gasteiger partial charge in [-0.1, -0.05) is 84.5 Å². The highest BCUT2D eigenvalue weighted by atomic mass is 16.5. The highest BCUT2D eigenvalue weighted by Crippen LogP contribution is 2.11. The molecule has 0 saturated heterocycles. The molecular formula is C25H40O4. The minimum atomic E-state index is -0.332. The van der Waals surface area contributed by atoms with Crippen LogP contribution >= 0.6 is 0 Å². The summed E-state index contributed by atoms with van der Waals surface area (Å²) in [5.41, 5.74) is 0.944. The van der Waals surface area contributed by atoms with E-state index in [0.717, 1.165) is 25.7 Å². The van der Waals surface area contributed by atoms with E-state index in [-0.39, 0.29) is 11.9 Å². The maximum absolute atomic E-state index is 12.1. The molecule has 0 aliphatic heterocycles. The van der Waals surface area contributed by atoms with Gasteiger partial charge in [-0.05, 0) is 37.1 Å². The summed E-state index contributed by atoms with van der Waals surface area (Å²) in [6.45, 7) is 5.32. The average molecular weight is 405 g/mol. The molecule has 0 saturated carbocycles. The predicted octanol–water partition coefficient (Wildman–Crippen LogP) is 7.11. The summed E-state index contributed by atoms with van der Waals surface area (Å²) in [7, 11) is 0. The molecule has 0 atom stereocenters. The number of ether oxygens (including phenoxy) is 2. The van der Waals surface area contributed by atoms with Crippen molar-refractivity contribution in [1.82, 2.24) is 0 Å². The zero-order chi connectivity index (χ0) is 21.2. The van der Waals surface area contributed by atoms with Crippen LogP contribution in [0.2, 0.25) is 0 Å². The Morgan fingerprint density at radius 2 is 0.862 bits per heavy atom. The molecule has 0 aliphatic rings. The van der Waals surface area contributed by atoms with Crippen LogP contribution in [0.15, 0.2) is 24.3 Å². The largest absolute Gasteiger partial charge is 0.462 e. The van der Waals surface area contributed by atoms with Gasteiger partial charge in [-0.2, -0.15) is 0 Å². The number of esters is 2. The van der Waals surface area contributed by atoms with Gasteiger partial charge in [-0.15, -0.1) is 0 Å². The van der Waals surface area contributed by atoms with Crippen molar-refractivity contribution in [2.45, 2.75) is 97.3 Å². The fraction of sp³-hybridized carbons (Fsp3) is 0.680. The first kappa shape index (κ1) is 25.2. The Hall–Kier alpha value is -1.84. The highest BCUT2D eigenvalue weighted by Gasteiger charge is 2.10. The molecule has 0 amide bonds. The number of unbranched alkanes of at least 4 members (excludes halogenated alkanes) is 11. The van der Waals surface area contributed by atoms with Gasteiger partial charge in [-0.3, -0.25) is 0 Å². The average Bonchev–Trinajstić information content (AvgIpc) is 2.74. The van der Waals surface area contributed by atoms with Crippen LogP contribution in [0.5, 0.6) is 0 Å². The first-order valence-corrected chi connectivity index (χ1v) is 11.6. The van der Waals surface area contributed by atoms with Gasteiger partial charge in [0, 0.05) is 0 Å². The van der Waals surface area contributed by atoms with Gasteiger partial charge < -0.3 is 9.47 Å². The van der Waals surface area contributed by atoms with E-state index in [0.29, 0.717) is 24.3 Å². The molecule has 0 spiro atoms. The molecule has 4 heteroatoms. The molecule has 0 unspecified atom stereocenters. The fourth-order valence-electron chi connectivity index (χ4n) is 3.18. The molecule has 4 nitrogen and oxygen atoms in total. The maximum Gasteiger partial charge on any atom is 0.338 e. The highest BCUT2D eigenvalue weighted by molar-refractivity contribution is 5.93. The van der Waals surface area contributed by atoms with E-state index < -0.39 is 0 Å². The molecule has 29 heavy (non-hydrogen) atoms. The van der Waals surface area contributed by atoms with Gasteiger partial charge in [0.1, 0.15) is 0 Å². The zero-order valence-corrected chi connectivity index (χ0v) is 18.5. The van der Waals surface area contributed by atoms with E-state index >= 15 is 0 Å². The predicted molar refractivity (Wildman–Crippen MR) is 118 cm³/mol. The van der Waals surface area contributed by atoms with Crippen molar-refractivity contribution in [2.75, 3.05) is 13.2 Å². The van der Waals surface area contributed by atoms with E-state index in [9.17, 15) is 9.59 Å². The number of hydrogen-bond acceptors (Lipinski definition) is 4. The van der Waals surface area contributed by atoms with Crippen molar-refractivity contribution in [2.24, 2.45) is 0 Å². The number of carbonyl (C=O) groups excluding carboxylic acids is 2. The Balaban J connectivity index is 2.18. The van der Waals surface area contributed by atoms with E-state index in [1.54, 1.807) is 24.3 Å². The second-order valence-electron chi connectivity index (χ2n) is 7.74. The van der Waals surface area contributed by atoms with E-state index in [1.807, 2.05) is 0 Å². The summed E-state index contributed by atoms with van der Waals surface area (Å²) >= 11 is 0. The van der Waals surface area contributed by atoms with E-state index in [1.165, 1.54) is 57.8 Å². The second kappa shape index (κ2) is 17.1. The summed E-state index contributed by atoms with van der Waals surface area (Å²) in [6, 6.07) is 6.53. The Labute approximate surface area is 177 Å². The molecule has 0 fully saturated rings. The van der Waals surface area contributed by atoms with Crippen LogP contribution in [-0.4, -0.2) is 25.2 Å². The summed E-state index contributed by atoms with van der Waals surface area (Å²) in [6.07, 6.45) is 15.3. The molecule has 0 aromatic heterocycles. The summed E-state index contributed by atoms with van der Waals surface area (Å²) in [4.78, 5) is 24.1. The van der Waals surface area contributed by atoms with Crippen LogP contribution < -0.4 is 0 Å². The molecule has 1 aromatic carbocycles. The Bertz CT molecular complexity index is 550. The number of carbonyl (C=O) groups is 2. The Kier molecular flexibility index (Phi) is 14.8. The third kappa shape index (κ3) is 12.4. The van der Waals surface area contributed by atoms with Crippen LogP contribution in [0.4, 0.5) is 0 Å². The third-order valence-corrected chi connectivity index (χ3v) is 5.07. The second-order valence-corrected chi connectivity index (χ2v) is 7.74. The van der Waals surface area contributed by atoms with Crippen molar-refractivity contribution >= 4 is 11.9 Å². The maximum atomic E-state index is 12.1. The van der Waals surface area contributed by atoms with Gasteiger partial charge in [0.2, 0.25) is 0 Å². The zero-order valence-electron chi connectivity index (χ0n) is 18.5. The molecule has 1 rings (SSSR count). The molecule has 1 aromatic rings. The molecule has 0 radical (unpaired) electrons. The number of benzene rings is 1. The Morgan fingerprint density at radius 1 is 0.552 bits per heavy atom. The smallest absolute Gasteiger partial charge is 0.338 e. The lowest BCUT2D eigenvalue weighted by Crippen LogP contribution is -2.09. The molecule has 0 aliphatic carbocycles. The Morgan fingerprint density at radius 3 is 1.21 bits per heavy atom. The van der Waals surface area contributed by atoms with Crippen LogP contribution in [-0.2, 0) is 9.47 Å². The van der Waals surface area contributed by atoms with Gasteiger partial charge in [-0.25, -0.2) is 9.59 Å². The third-order valence-electron chi connectivity index (χ3n) is 5.07. The molecule has 0 N–H and O–H groups in total. The van der Waals surface area contributed by atoms with Crippen molar-refractivity contribution < 1.29 is 19.1 Å². The van der Waals surface area contributed by atoms with Crippen LogP contribution in [0.25, 0.3) is 0 Å². The minimum absolute atomic E-state index is 0.331. The molecule has 0 bridgehead atoms. The quantitative estimate of drug-likeness (QED) is 0.205. The lowest BCUT2D eigenvalue weighted by Gasteiger charge is -2.07. The fourth-order valence-corrected chi connectivity index (χ4v) is 3.18. The van der Waals surface area contributed by atoms with Gasteiger partial charge >= 0.3 is 11.9 Å². The first-order chi connectivity index (χ1) is 14.2. The van der Waals surface area contributed by atoms with Crippen molar-refractivity contribution in [1.29, 1.82) is 0 Å². The summed E-state index contributed by atoms with van der Waals surface area (Å²) < 4.78 is 10.6. The number of hydrogen-bond donors (Lipinski definition) is 0. The lowest BCUT2D eigenvalue weighted by molar-refractivity contribution is 0.0483. The van der Waals surface area contributed by atoms with Crippen LogP contribution in [0.3, 0.4) is 0 Å². The van der Waals surface area contributed by atoms with Gasteiger partial charge in [0.15, 0.2) is 0 Å². The normalized spacial score (nSPS) is 10.7. The first-order valence-electron chi connectivity index (χ1n) is 11.6. The van der Waals surface area contributed by atoms with E-state index in [2.05, 4.69) is 13.8 Å². The van der Waals surface area contributed by atoms with Gasteiger partial charge in [0.05, 0.1) is 24.3 Å². The topological polar surface area (TPSA) is 52.6 Å². The summed E-state index contributed by atoms with van der Waals surface area (Å²) in [5, 5.41) is 0. The van der Waals surface area contributed by atoms with Crippen LogP contribution in [0, 0.1) is 0 Å². The van der Waals surface area contributed by atoms with Crippen molar-refractivity contribution in [3.8, 4) is 0 Å². The molecule has 0 heterocycles. The van der Waals surface area contributed by atoms with Crippen molar-refractivity contribution in [3.63, 3.8) is 0 Å². The van der Waals surface area contributed by atoms with Crippen molar-refractivity contribution in [3.05, 3.63) is 35.4 Å². The number of rotatable bonds is 17. The van der Waals surface area contributed by atoms with Gasteiger partial charge in [0.25, 0.3) is 0 Å². The van der Waals surface area contributed by atoms with Crippen LogP contribution in [0.1, 0.15) is 118 Å². The monoisotopic (exact) mass is 404 g/mol. The van der Waals surface area contributed by atoms with E-state index in [4.69, 9.17) is 9.47 Å².